The minimum atomic E-state index is -4.84. The molecular formula is C6H9BF3KO2. The van der Waals surface area contributed by atoms with Crippen LogP contribution in [0.25, 0.3) is 0 Å². The van der Waals surface area contributed by atoms with E-state index in [-0.39, 0.29) is 64.4 Å². The van der Waals surface area contributed by atoms with Gasteiger partial charge in [-0.15, -0.1) is 0 Å². The number of carbonyl (C=O) groups is 1. The molecule has 1 saturated carbocycles. The number of carbonyl (C=O) groups excluding carboxylic acids is 1. The Morgan fingerprint density at radius 1 is 1.54 bits per heavy atom. The minimum Gasteiger partial charge on any atom is -0.466 e. The van der Waals surface area contributed by atoms with E-state index in [1.165, 1.54) is 0 Å². The van der Waals surface area contributed by atoms with Crippen molar-refractivity contribution in [2.75, 3.05) is 6.61 Å². The van der Waals surface area contributed by atoms with Gasteiger partial charge in [0.15, 0.2) is 0 Å². The van der Waals surface area contributed by atoms with Crippen molar-refractivity contribution in [3.05, 3.63) is 0 Å². The zero-order valence-corrected chi connectivity index (χ0v) is 10.7. The molecule has 0 aromatic heterocycles. The van der Waals surface area contributed by atoms with Crippen molar-refractivity contribution in [1.82, 2.24) is 0 Å². The summed E-state index contributed by atoms with van der Waals surface area (Å²) < 4.78 is 40.3. The topological polar surface area (TPSA) is 26.3 Å². The first-order valence-electron chi connectivity index (χ1n) is 3.83. The van der Waals surface area contributed by atoms with Gasteiger partial charge >= 0.3 is 64.3 Å². The molecule has 1 aliphatic rings. The molecule has 0 bridgehead atoms. The van der Waals surface area contributed by atoms with Crippen LogP contribution < -0.4 is 51.4 Å². The van der Waals surface area contributed by atoms with Gasteiger partial charge in [-0.2, -0.15) is 0 Å². The quantitative estimate of drug-likeness (QED) is 0.440. The average Bonchev–Trinajstić information content (AvgIpc) is 2.62. The summed E-state index contributed by atoms with van der Waals surface area (Å²) >= 11 is 0. The van der Waals surface area contributed by atoms with Crippen LogP contribution in [0.2, 0.25) is 5.82 Å². The smallest absolute Gasteiger partial charge is 0.466 e. The molecule has 1 aliphatic carbocycles. The predicted octanol–water partition coefficient (Wildman–Crippen LogP) is -1.21. The van der Waals surface area contributed by atoms with Crippen molar-refractivity contribution in [3.63, 3.8) is 0 Å². The first-order chi connectivity index (χ1) is 5.46. The van der Waals surface area contributed by atoms with Crippen molar-refractivity contribution < 1.29 is 73.9 Å². The Balaban J connectivity index is 0.00000144. The standard InChI is InChI=1S/C6H9BF3O2.K/c1-2-12-6(11)4-3-5(4)7(8,9)10;/h4-5H,2-3H2,1H3;/q-1;+1/t4-,5+;/m1./s1. The molecule has 2 atom stereocenters. The van der Waals surface area contributed by atoms with Crippen molar-refractivity contribution in [3.8, 4) is 0 Å². The zero-order chi connectivity index (χ0) is 9.35. The SMILES string of the molecule is CCOC(=O)[C@@H]1C[C@@H]1[B-](F)(F)F.[K+]. The van der Waals surface area contributed by atoms with Gasteiger partial charge in [-0.3, -0.25) is 4.79 Å². The number of hydrogen-bond acceptors (Lipinski definition) is 2. The minimum absolute atomic E-state index is 0. The number of halogens is 3. The summed E-state index contributed by atoms with van der Waals surface area (Å²) in [6, 6.07) is 0. The Hall–Kier alpha value is 0.961. The van der Waals surface area contributed by atoms with Gasteiger partial charge < -0.3 is 17.7 Å². The summed E-state index contributed by atoms with van der Waals surface area (Å²) in [5.74, 6) is -3.02. The number of rotatable bonds is 3. The summed E-state index contributed by atoms with van der Waals surface area (Å²) in [6.45, 7) is -3.12. The van der Waals surface area contributed by atoms with Crippen LogP contribution in [0, 0.1) is 5.92 Å². The zero-order valence-electron chi connectivity index (χ0n) is 7.60. The van der Waals surface area contributed by atoms with Crippen LogP contribution in [-0.2, 0) is 9.53 Å². The van der Waals surface area contributed by atoms with Crippen molar-refractivity contribution in [1.29, 1.82) is 0 Å². The molecule has 70 valence electrons. The predicted molar refractivity (Wildman–Crippen MR) is 37.6 cm³/mol. The maximum Gasteiger partial charge on any atom is 1.00 e. The van der Waals surface area contributed by atoms with E-state index in [2.05, 4.69) is 4.74 Å². The van der Waals surface area contributed by atoms with Gasteiger partial charge in [-0.25, -0.2) is 0 Å². The maximum absolute atomic E-state index is 11.9. The molecule has 7 heteroatoms. The van der Waals surface area contributed by atoms with E-state index < -0.39 is 24.7 Å². The van der Waals surface area contributed by atoms with Crippen LogP contribution in [0.15, 0.2) is 0 Å². The van der Waals surface area contributed by atoms with E-state index in [1.807, 2.05) is 0 Å². The van der Waals surface area contributed by atoms with Gasteiger partial charge in [0, 0.05) is 5.92 Å². The molecule has 0 aromatic rings. The van der Waals surface area contributed by atoms with Crippen LogP contribution in [0.4, 0.5) is 12.9 Å². The second-order valence-corrected chi connectivity index (χ2v) is 2.88. The average molecular weight is 220 g/mol. The Bertz CT molecular complexity index is 197. The van der Waals surface area contributed by atoms with E-state index in [4.69, 9.17) is 0 Å². The molecule has 1 rings (SSSR count). The summed E-state index contributed by atoms with van der Waals surface area (Å²) in [4.78, 5) is 10.8. The third kappa shape index (κ3) is 3.91. The molecule has 0 N–H and O–H groups in total. The van der Waals surface area contributed by atoms with Crippen LogP contribution in [0.1, 0.15) is 13.3 Å². The second kappa shape index (κ2) is 5.16. The fourth-order valence-electron chi connectivity index (χ4n) is 1.15. The molecule has 0 saturated heterocycles. The van der Waals surface area contributed by atoms with Gasteiger partial charge in [0.05, 0.1) is 6.61 Å². The summed E-state index contributed by atoms with van der Waals surface area (Å²) in [5.41, 5.74) is 0. The Kier molecular flexibility index (Phi) is 5.54. The fourth-order valence-corrected chi connectivity index (χ4v) is 1.15. The van der Waals surface area contributed by atoms with Crippen LogP contribution >= 0.6 is 0 Å². The summed E-state index contributed by atoms with van der Waals surface area (Å²) in [7, 11) is 0. The van der Waals surface area contributed by atoms with Crippen molar-refractivity contribution >= 4 is 12.9 Å². The molecule has 2 nitrogen and oxygen atoms in total. The molecule has 0 spiro atoms. The van der Waals surface area contributed by atoms with Crippen molar-refractivity contribution in [2.45, 2.75) is 19.2 Å². The molecule has 1 fully saturated rings. The molecule has 0 heterocycles. The molecule has 0 unspecified atom stereocenters. The van der Waals surface area contributed by atoms with Crippen LogP contribution in [-0.4, -0.2) is 19.6 Å². The van der Waals surface area contributed by atoms with Gasteiger partial charge in [0.2, 0.25) is 0 Å². The Morgan fingerprint density at radius 2 is 2.08 bits per heavy atom. The largest absolute Gasteiger partial charge is 1.00 e. The second-order valence-electron chi connectivity index (χ2n) is 2.88. The molecular weight excluding hydrogens is 211 g/mol. The number of ether oxygens (including phenoxy) is 1. The van der Waals surface area contributed by atoms with E-state index in [0.29, 0.717) is 0 Å². The summed E-state index contributed by atoms with van der Waals surface area (Å²) in [5, 5.41) is 0. The third-order valence-electron chi connectivity index (χ3n) is 1.91. The van der Waals surface area contributed by atoms with Crippen LogP contribution in [0.3, 0.4) is 0 Å². The van der Waals surface area contributed by atoms with E-state index in [9.17, 15) is 17.7 Å². The van der Waals surface area contributed by atoms with Crippen LogP contribution in [0.5, 0.6) is 0 Å². The molecule has 13 heavy (non-hydrogen) atoms. The molecule has 0 aromatic carbocycles. The van der Waals surface area contributed by atoms with Gasteiger partial charge in [0.1, 0.15) is 0 Å². The molecule has 0 aliphatic heterocycles. The molecule has 0 amide bonds. The van der Waals surface area contributed by atoms with Gasteiger partial charge in [0.25, 0.3) is 0 Å². The first kappa shape index (κ1) is 14.0. The Labute approximate surface area is 117 Å². The number of hydrogen-bond donors (Lipinski definition) is 0. The van der Waals surface area contributed by atoms with Gasteiger partial charge in [-0.1, -0.05) is 12.2 Å². The third-order valence-corrected chi connectivity index (χ3v) is 1.91. The van der Waals surface area contributed by atoms with Gasteiger partial charge in [-0.05, 0) is 6.92 Å². The normalized spacial score (nSPS) is 26.2. The number of esters is 1. The van der Waals surface area contributed by atoms with E-state index in [0.717, 1.165) is 0 Å². The monoisotopic (exact) mass is 220 g/mol. The fraction of sp³-hybridized carbons (Fsp3) is 0.833. The van der Waals surface area contributed by atoms with E-state index >= 15 is 0 Å². The maximum atomic E-state index is 11.9. The van der Waals surface area contributed by atoms with E-state index in [1.54, 1.807) is 6.92 Å². The molecule has 0 radical (unpaired) electrons. The summed E-state index contributed by atoms with van der Waals surface area (Å²) in [6.07, 6.45) is -0.0810. The Morgan fingerprint density at radius 3 is 2.38 bits per heavy atom. The first-order valence-corrected chi connectivity index (χ1v) is 3.83. The van der Waals surface area contributed by atoms with Crippen molar-refractivity contribution in [2.24, 2.45) is 5.92 Å².